The van der Waals surface area contributed by atoms with E-state index >= 15 is 0 Å². The van der Waals surface area contributed by atoms with E-state index in [1.807, 2.05) is 0 Å². The summed E-state index contributed by atoms with van der Waals surface area (Å²) in [5.74, 6) is -1.44. The van der Waals surface area contributed by atoms with E-state index in [0.29, 0.717) is 0 Å². The van der Waals surface area contributed by atoms with Gasteiger partial charge in [0, 0.05) is 13.1 Å². The van der Waals surface area contributed by atoms with Gasteiger partial charge < -0.3 is 0 Å². The highest BCUT2D eigenvalue weighted by atomic mass is 32.2. The summed E-state index contributed by atoms with van der Waals surface area (Å²) in [5.41, 5.74) is 0. The molecular weight excluding hydrogens is 257 g/mol. The number of hydrogen-bond acceptors (Lipinski definition) is 3. The van der Waals surface area contributed by atoms with Gasteiger partial charge >= 0.3 is 6.18 Å². The third-order valence-corrected chi connectivity index (χ3v) is 4.99. The van der Waals surface area contributed by atoms with Gasteiger partial charge in [0.2, 0.25) is 10.0 Å². The highest BCUT2D eigenvalue weighted by Crippen LogP contribution is 2.34. The number of hydrogen-bond donors (Lipinski definition) is 0. The van der Waals surface area contributed by atoms with Gasteiger partial charge in [0.25, 0.3) is 0 Å². The molecule has 1 heterocycles. The minimum absolute atomic E-state index is 0.168. The zero-order valence-electron chi connectivity index (χ0n) is 9.24. The van der Waals surface area contributed by atoms with Crippen molar-refractivity contribution in [3.05, 3.63) is 0 Å². The lowest BCUT2D eigenvalue weighted by Crippen LogP contribution is -2.44. The monoisotopic (exact) mass is 270 g/mol. The molecule has 1 saturated heterocycles. The molecule has 8 heteroatoms. The highest BCUT2D eigenvalue weighted by molar-refractivity contribution is 7.89. The molecule has 1 rings (SSSR count). The summed E-state index contributed by atoms with van der Waals surface area (Å²) in [6.07, 6.45) is -4.74. The Bertz CT molecular complexity index is 405. The zero-order chi connectivity index (χ0) is 13.3. The topological polar surface area (TPSA) is 61.2 Å². The van der Waals surface area contributed by atoms with Crippen molar-refractivity contribution >= 4 is 10.0 Å². The van der Waals surface area contributed by atoms with Crippen LogP contribution in [0.15, 0.2) is 0 Å². The molecule has 4 nitrogen and oxygen atoms in total. The predicted molar refractivity (Wildman–Crippen MR) is 54.3 cm³/mol. The standard InChI is InChI=1S/C9H13F3N2O2S/c1-7(6-13)17(15,16)14-4-2-8(3-5-14)9(10,11)12/h7-8H,2-5H2,1H3. The molecule has 1 unspecified atom stereocenters. The Labute approximate surface area is 98.1 Å². The van der Waals surface area contributed by atoms with Gasteiger partial charge in [0.15, 0.2) is 5.25 Å². The van der Waals surface area contributed by atoms with Crippen molar-refractivity contribution in [3.8, 4) is 6.07 Å². The Morgan fingerprint density at radius 3 is 2.18 bits per heavy atom. The van der Waals surface area contributed by atoms with Gasteiger partial charge in [0.05, 0.1) is 12.0 Å². The molecular formula is C9H13F3N2O2S. The number of nitrogens with zero attached hydrogens (tertiary/aromatic N) is 2. The zero-order valence-corrected chi connectivity index (χ0v) is 10.1. The van der Waals surface area contributed by atoms with E-state index < -0.39 is 27.4 Å². The minimum atomic E-state index is -4.27. The summed E-state index contributed by atoms with van der Waals surface area (Å²) >= 11 is 0. The number of alkyl halides is 3. The molecule has 0 N–H and O–H groups in total. The first-order chi connectivity index (χ1) is 7.69. The van der Waals surface area contributed by atoms with E-state index in [-0.39, 0.29) is 25.9 Å². The van der Waals surface area contributed by atoms with Crippen LogP contribution < -0.4 is 0 Å². The van der Waals surface area contributed by atoms with Crippen LogP contribution in [0.4, 0.5) is 13.2 Å². The van der Waals surface area contributed by atoms with Crippen LogP contribution in [-0.2, 0) is 10.0 Å². The van der Waals surface area contributed by atoms with Crippen LogP contribution in [0.1, 0.15) is 19.8 Å². The van der Waals surface area contributed by atoms with Crippen molar-refractivity contribution in [2.45, 2.75) is 31.2 Å². The lowest BCUT2D eigenvalue weighted by Gasteiger charge is -2.32. The van der Waals surface area contributed by atoms with Gasteiger partial charge in [-0.05, 0) is 19.8 Å². The van der Waals surface area contributed by atoms with Crippen LogP contribution in [0, 0.1) is 17.2 Å². The summed E-state index contributed by atoms with van der Waals surface area (Å²) in [6.45, 7) is 0.891. The lowest BCUT2D eigenvalue weighted by molar-refractivity contribution is -0.182. The second kappa shape index (κ2) is 4.82. The Morgan fingerprint density at radius 1 is 1.35 bits per heavy atom. The van der Waals surface area contributed by atoms with Gasteiger partial charge in [-0.1, -0.05) is 0 Å². The smallest absolute Gasteiger partial charge is 0.211 e. The predicted octanol–water partition coefficient (Wildman–Crippen LogP) is 1.50. The maximum Gasteiger partial charge on any atom is 0.391 e. The van der Waals surface area contributed by atoms with E-state index in [4.69, 9.17) is 5.26 Å². The molecule has 0 bridgehead atoms. The first-order valence-corrected chi connectivity index (χ1v) is 6.65. The fraction of sp³-hybridized carbons (Fsp3) is 0.889. The first-order valence-electron chi connectivity index (χ1n) is 5.15. The third kappa shape index (κ3) is 3.10. The summed E-state index contributed by atoms with van der Waals surface area (Å²) in [6, 6.07) is 1.59. The quantitative estimate of drug-likeness (QED) is 0.764. The second-order valence-corrected chi connectivity index (χ2v) is 6.28. The van der Waals surface area contributed by atoms with E-state index in [9.17, 15) is 21.6 Å². The summed E-state index contributed by atoms with van der Waals surface area (Å²) in [5, 5.41) is 7.33. The van der Waals surface area contributed by atoms with Crippen molar-refractivity contribution in [2.75, 3.05) is 13.1 Å². The largest absolute Gasteiger partial charge is 0.391 e. The SMILES string of the molecule is CC(C#N)S(=O)(=O)N1CCC(C(F)(F)F)CC1. The van der Waals surface area contributed by atoms with E-state index in [1.54, 1.807) is 6.07 Å². The van der Waals surface area contributed by atoms with Gasteiger partial charge in [0.1, 0.15) is 0 Å². The highest BCUT2D eigenvalue weighted by Gasteiger charge is 2.43. The van der Waals surface area contributed by atoms with E-state index in [0.717, 1.165) is 4.31 Å². The maximum atomic E-state index is 12.4. The number of nitriles is 1. The number of piperidine rings is 1. The van der Waals surface area contributed by atoms with Crippen LogP contribution in [0.3, 0.4) is 0 Å². The molecule has 0 amide bonds. The van der Waals surface area contributed by atoms with Crippen LogP contribution in [-0.4, -0.2) is 37.2 Å². The van der Waals surface area contributed by atoms with Crippen molar-refractivity contribution in [1.82, 2.24) is 4.31 Å². The third-order valence-electron chi connectivity index (χ3n) is 2.91. The average molecular weight is 270 g/mol. The molecule has 17 heavy (non-hydrogen) atoms. The van der Waals surface area contributed by atoms with Crippen LogP contribution >= 0.6 is 0 Å². The molecule has 1 aliphatic rings. The molecule has 1 fully saturated rings. The summed E-state index contributed by atoms with van der Waals surface area (Å²) in [4.78, 5) is 0. The number of rotatable bonds is 2. The fourth-order valence-electron chi connectivity index (χ4n) is 1.73. The first kappa shape index (κ1) is 14.3. The molecule has 1 atom stereocenters. The Balaban J connectivity index is 2.68. The number of halogens is 3. The molecule has 0 radical (unpaired) electrons. The van der Waals surface area contributed by atoms with Gasteiger partial charge in [-0.15, -0.1) is 0 Å². The van der Waals surface area contributed by atoms with Gasteiger partial charge in [-0.2, -0.15) is 18.4 Å². The van der Waals surface area contributed by atoms with Gasteiger partial charge in [-0.25, -0.2) is 12.7 Å². The number of sulfonamides is 1. The molecule has 0 aromatic carbocycles. The van der Waals surface area contributed by atoms with Crippen LogP contribution in [0.2, 0.25) is 0 Å². The maximum absolute atomic E-state index is 12.4. The van der Waals surface area contributed by atoms with Crippen LogP contribution in [0.5, 0.6) is 0 Å². The van der Waals surface area contributed by atoms with Crippen molar-refractivity contribution in [2.24, 2.45) is 5.92 Å². The average Bonchev–Trinajstić information content (AvgIpc) is 2.27. The Kier molecular flexibility index (Phi) is 4.04. The van der Waals surface area contributed by atoms with Gasteiger partial charge in [-0.3, -0.25) is 0 Å². The molecule has 0 aromatic heterocycles. The Morgan fingerprint density at radius 2 is 1.82 bits per heavy atom. The lowest BCUT2D eigenvalue weighted by atomic mass is 9.98. The van der Waals surface area contributed by atoms with E-state index in [2.05, 4.69) is 0 Å². The molecule has 98 valence electrons. The van der Waals surface area contributed by atoms with Crippen molar-refractivity contribution < 1.29 is 21.6 Å². The normalized spacial score (nSPS) is 22.1. The second-order valence-electron chi connectivity index (χ2n) is 4.03. The minimum Gasteiger partial charge on any atom is -0.211 e. The fourth-order valence-corrected chi connectivity index (χ4v) is 3.03. The van der Waals surface area contributed by atoms with Crippen molar-refractivity contribution in [3.63, 3.8) is 0 Å². The molecule has 0 saturated carbocycles. The van der Waals surface area contributed by atoms with Crippen molar-refractivity contribution in [1.29, 1.82) is 5.26 Å². The summed E-state index contributed by atoms with van der Waals surface area (Å²) in [7, 11) is -3.78. The molecule has 0 aromatic rings. The molecule has 0 spiro atoms. The summed E-state index contributed by atoms with van der Waals surface area (Å²) < 4.78 is 61.5. The molecule has 1 aliphatic heterocycles. The molecule has 0 aliphatic carbocycles. The Hall–Kier alpha value is -0.810. The van der Waals surface area contributed by atoms with E-state index in [1.165, 1.54) is 6.92 Å². The van der Waals surface area contributed by atoms with Crippen LogP contribution in [0.25, 0.3) is 0 Å².